The Morgan fingerprint density at radius 2 is 1.51 bits per heavy atom. The van der Waals surface area contributed by atoms with E-state index in [0.29, 0.717) is 13.3 Å². The van der Waals surface area contributed by atoms with Gasteiger partial charge in [-0.25, -0.2) is 0 Å². The number of benzene rings is 2. The fourth-order valence-electron chi connectivity index (χ4n) is 4.73. The Kier molecular flexibility index (Phi) is 8.41. The molecule has 1 fully saturated rings. The summed E-state index contributed by atoms with van der Waals surface area (Å²) in [6.45, 7) is 4.55. The highest BCUT2D eigenvalue weighted by atomic mass is 19.4. The number of carbonyl (C=O) groups excluding carboxylic acids is 1. The molecule has 2 aromatic rings. The summed E-state index contributed by atoms with van der Waals surface area (Å²) in [5.41, 5.74) is -1.19. The first-order chi connectivity index (χ1) is 17.0. The Morgan fingerprint density at radius 1 is 0.892 bits per heavy atom. The molecule has 0 saturated carbocycles. The summed E-state index contributed by atoms with van der Waals surface area (Å²) in [4.78, 5) is 13.0. The summed E-state index contributed by atoms with van der Waals surface area (Å²) < 4.78 is 111. The van der Waals surface area contributed by atoms with Gasteiger partial charge in [0.15, 0.2) is 0 Å². The van der Waals surface area contributed by atoms with Gasteiger partial charge < -0.3 is 0 Å². The third kappa shape index (κ3) is 6.69. The van der Waals surface area contributed by atoms with Gasteiger partial charge in [0, 0.05) is 18.5 Å². The molecule has 2 nitrogen and oxygen atoms in total. The number of ketones is 1. The summed E-state index contributed by atoms with van der Waals surface area (Å²) in [5.74, 6) is -5.26. The van der Waals surface area contributed by atoms with Gasteiger partial charge in [-0.3, -0.25) is 9.69 Å². The molecule has 1 heterocycles. The van der Waals surface area contributed by atoms with E-state index in [1.807, 2.05) is 13.8 Å². The number of nitrogens with zero attached hydrogens (tertiary/aromatic N) is 1. The zero-order valence-corrected chi connectivity index (χ0v) is 20.7. The molecule has 0 bridgehead atoms. The van der Waals surface area contributed by atoms with Gasteiger partial charge in [-0.2, -0.15) is 35.1 Å². The molecule has 2 unspecified atom stereocenters. The van der Waals surface area contributed by atoms with Crippen LogP contribution in [0.25, 0.3) is 11.1 Å². The predicted molar refractivity (Wildman–Crippen MR) is 124 cm³/mol. The number of likely N-dealkylation sites (tertiary alicyclic amines) is 1. The van der Waals surface area contributed by atoms with Crippen LogP contribution in [-0.2, 0) is 16.9 Å². The first-order valence-electron chi connectivity index (χ1n) is 12.1. The molecular weight excluding hydrogens is 506 g/mol. The van der Waals surface area contributed by atoms with Crippen LogP contribution in [0.4, 0.5) is 35.1 Å². The van der Waals surface area contributed by atoms with E-state index in [9.17, 15) is 39.9 Å². The molecule has 37 heavy (non-hydrogen) atoms. The molecule has 2 atom stereocenters. The first kappa shape index (κ1) is 29.1. The maximum Gasteiger partial charge on any atom is 0.416 e. The van der Waals surface area contributed by atoms with E-state index in [1.54, 1.807) is 0 Å². The van der Waals surface area contributed by atoms with Gasteiger partial charge in [0.25, 0.3) is 0 Å². The highest BCUT2D eigenvalue weighted by Crippen LogP contribution is 2.44. The summed E-state index contributed by atoms with van der Waals surface area (Å²) in [6, 6.07) is 4.75. The second-order valence-corrected chi connectivity index (χ2v) is 9.97. The molecule has 0 amide bonds. The van der Waals surface area contributed by atoms with Crippen LogP contribution < -0.4 is 0 Å². The Bertz CT molecular complexity index is 1090. The number of carbonyl (C=O) groups is 1. The zero-order valence-electron chi connectivity index (χ0n) is 20.7. The zero-order chi connectivity index (χ0) is 27.8. The number of piperidine rings is 1. The molecule has 2 aromatic carbocycles. The smallest absolute Gasteiger partial charge is 0.293 e. The quantitative estimate of drug-likeness (QED) is 0.331. The first-order valence-corrected chi connectivity index (χ1v) is 12.1. The van der Waals surface area contributed by atoms with Crippen LogP contribution in [-0.4, -0.2) is 29.4 Å². The fraction of sp³-hybridized carbons (Fsp3) is 0.519. The predicted octanol–water partition coefficient (Wildman–Crippen LogP) is 8.56. The van der Waals surface area contributed by atoms with E-state index in [2.05, 4.69) is 0 Å². The van der Waals surface area contributed by atoms with Crippen molar-refractivity contribution in [3.05, 3.63) is 59.2 Å². The van der Waals surface area contributed by atoms with Crippen LogP contribution in [0.3, 0.4) is 0 Å². The minimum atomic E-state index is -4.60. The third-order valence-corrected chi connectivity index (χ3v) is 6.79. The molecule has 0 radical (unpaired) electrons. The minimum absolute atomic E-state index is 0.0927. The fourth-order valence-corrected chi connectivity index (χ4v) is 4.73. The van der Waals surface area contributed by atoms with Gasteiger partial charge in [0.2, 0.25) is 5.78 Å². The monoisotopic (exact) mass is 535 g/mol. The van der Waals surface area contributed by atoms with Gasteiger partial charge in [-0.1, -0.05) is 26.0 Å². The minimum Gasteiger partial charge on any atom is -0.293 e. The summed E-state index contributed by atoms with van der Waals surface area (Å²) in [5, 5.41) is 0. The molecule has 0 spiro atoms. The maximum absolute atomic E-state index is 14.9. The van der Waals surface area contributed by atoms with Gasteiger partial charge in [-0.05, 0) is 85.2 Å². The van der Waals surface area contributed by atoms with E-state index in [-0.39, 0.29) is 48.4 Å². The lowest BCUT2D eigenvalue weighted by Crippen LogP contribution is -2.50. The molecule has 0 aliphatic carbocycles. The van der Waals surface area contributed by atoms with Crippen LogP contribution >= 0.6 is 0 Å². The number of hydrogen-bond donors (Lipinski definition) is 0. The van der Waals surface area contributed by atoms with E-state index < -0.39 is 47.3 Å². The summed E-state index contributed by atoms with van der Waals surface area (Å²) in [7, 11) is 0. The molecule has 0 N–H and O–H groups in total. The van der Waals surface area contributed by atoms with Crippen molar-refractivity contribution < 1.29 is 39.9 Å². The molecule has 1 aliphatic heterocycles. The summed E-state index contributed by atoms with van der Waals surface area (Å²) in [6.07, 6.45) is -8.28. The second kappa shape index (κ2) is 10.7. The van der Waals surface area contributed by atoms with E-state index in [4.69, 9.17) is 0 Å². The van der Waals surface area contributed by atoms with Crippen molar-refractivity contribution in [2.45, 2.75) is 76.8 Å². The highest BCUT2D eigenvalue weighted by molar-refractivity contribution is 5.85. The molecule has 10 heteroatoms. The topological polar surface area (TPSA) is 20.3 Å². The standard InChI is InChI=1S/C27H29F8NO/c1-16(2)11-12-36-23(5-4-6-24(36)27(33,34)35)20-13-19(14-22(15-20)25(28,29)17(3)37)18-7-9-21(10-8-18)26(30,31)32/h7-10,13-16,23-24H,4-6,11-12H2,1-3H3. The molecule has 204 valence electrons. The summed E-state index contributed by atoms with van der Waals surface area (Å²) >= 11 is 0. The Labute approximate surface area is 210 Å². The van der Waals surface area contributed by atoms with Gasteiger partial charge >= 0.3 is 18.3 Å². The van der Waals surface area contributed by atoms with Crippen molar-refractivity contribution in [1.82, 2.24) is 4.90 Å². The van der Waals surface area contributed by atoms with Gasteiger partial charge in [0.05, 0.1) is 5.56 Å². The van der Waals surface area contributed by atoms with Gasteiger partial charge in [-0.15, -0.1) is 0 Å². The average Bonchev–Trinajstić information content (AvgIpc) is 2.81. The number of rotatable bonds is 7. The SMILES string of the molecule is CC(=O)C(F)(F)c1cc(-c2ccc(C(F)(F)F)cc2)cc(C2CCCC(C(F)(F)F)N2CCC(C)C)c1. The number of hydrogen-bond acceptors (Lipinski definition) is 2. The molecule has 0 aromatic heterocycles. The van der Waals surface area contributed by atoms with Crippen molar-refractivity contribution in [3.63, 3.8) is 0 Å². The van der Waals surface area contributed by atoms with Crippen molar-refractivity contribution in [3.8, 4) is 11.1 Å². The molecular formula is C27H29F8NO. The number of halogens is 8. The Morgan fingerprint density at radius 3 is 2.03 bits per heavy atom. The lowest BCUT2D eigenvalue weighted by atomic mass is 9.86. The van der Waals surface area contributed by atoms with Crippen LogP contribution in [0, 0.1) is 5.92 Å². The number of Topliss-reactive ketones (excluding diaryl/α,β-unsaturated/α-hetero) is 1. The van der Waals surface area contributed by atoms with Crippen LogP contribution in [0.1, 0.15) is 69.2 Å². The van der Waals surface area contributed by atoms with E-state index in [0.717, 1.165) is 36.4 Å². The van der Waals surface area contributed by atoms with Crippen molar-refractivity contribution in [2.24, 2.45) is 5.92 Å². The largest absolute Gasteiger partial charge is 0.416 e. The molecule has 1 saturated heterocycles. The molecule has 1 aliphatic rings. The maximum atomic E-state index is 14.9. The lowest BCUT2D eigenvalue weighted by molar-refractivity contribution is -0.200. The number of alkyl halides is 8. The van der Waals surface area contributed by atoms with Crippen LogP contribution in [0.5, 0.6) is 0 Å². The Hall–Kier alpha value is -2.49. The van der Waals surface area contributed by atoms with Crippen LogP contribution in [0.15, 0.2) is 42.5 Å². The normalized spacial score (nSPS) is 19.9. The average molecular weight is 536 g/mol. The third-order valence-electron chi connectivity index (χ3n) is 6.79. The second-order valence-electron chi connectivity index (χ2n) is 9.97. The highest BCUT2D eigenvalue weighted by Gasteiger charge is 2.48. The Balaban J connectivity index is 2.15. The van der Waals surface area contributed by atoms with Crippen molar-refractivity contribution in [1.29, 1.82) is 0 Å². The van der Waals surface area contributed by atoms with E-state index in [1.165, 1.54) is 11.0 Å². The van der Waals surface area contributed by atoms with Crippen molar-refractivity contribution in [2.75, 3.05) is 6.54 Å². The molecule has 3 rings (SSSR count). The lowest BCUT2D eigenvalue weighted by Gasteiger charge is -2.43. The van der Waals surface area contributed by atoms with E-state index >= 15 is 0 Å². The van der Waals surface area contributed by atoms with Gasteiger partial charge in [0.1, 0.15) is 6.04 Å². The van der Waals surface area contributed by atoms with Crippen LogP contribution in [0.2, 0.25) is 0 Å². The van der Waals surface area contributed by atoms with Crippen molar-refractivity contribution >= 4 is 5.78 Å².